The number of carbonyl (C=O) groups is 2. The van der Waals surface area contributed by atoms with Crippen molar-refractivity contribution in [1.29, 1.82) is 0 Å². The Labute approximate surface area is 117 Å². The summed E-state index contributed by atoms with van der Waals surface area (Å²) in [6, 6.07) is -0.579. The van der Waals surface area contributed by atoms with E-state index in [-0.39, 0.29) is 11.9 Å². The highest BCUT2D eigenvalue weighted by molar-refractivity contribution is 5.76. The fraction of sp³-hybridized carbons (Fsp3) is 0.727. The van der Waals surface area contributed by atoms with E-state index in [2.05, 4.69) is 4.99 Å². The minimum absolute atomic E-state index is 0.0507. The first-order valence-corrected chi connectivity index (χ1v) is 6.10. The number of nitrogens with two attached hydrogens (primary N) is 3. The standard InChI is InChI=1S/C8H18N4O2.C3H6O3/c1-2-14-7(13)6(9)4-3-5-12-8(10)11;1-2(4)3(5)6/h6H,2-5,9H2,1H3,(H4,10,11,12);2,4H,1H3,(H,5,6)/t6-;/m0./s1. The molecule has 0 aromatic rings. The van der Waals surface area contributed by atoms with Crippen LogP contribution in [0.15, 0.2) is 4.99 Å². The molecule has 0 aromatic carbocycles. The molecule has 0 spiro atoms. The Morgan fingerprint density at radius 1 is 1.35 bits per heavy atom. The molecule has 0 aliphatic carbocycles. The molecule has 20 heavy (non-hydrogen) atoms. The average Bonchev–Trinajstić information content (AvgIpc) is 2.35. The van der Waals surface area contributed by atoms with E-state index < -0.39 is 18.1 Å². The second kappa shape index (κ2) is 12.2. The first kappa shape index (κ1) is 20.4. The van der Waals surface area contributed by atoms with Crippen molar-refractivity contribution in [2.75, 3.05) is 13.2 Å². The zero-order valence-corrected chi connectivity index (χ0v) is 11.8. The predicted molar refractivity (Wildman–Crippen MR) is 73.8 cm³/mol. The molecule has 0 fully saturated rings. The molecule has 118 valence electrons. The number of aliphatic hydroxyl groups is 1. The van der Waals surface area contributed by atoms with Crippen LogP contribution < -0.4 is 17.2 Å². The van der Waals surface area contributed by atoms with Crippen molar-refractivity contribution in [2.24, 2.45) is 22.2 Å². The fourth-order valence-electron chi connectivity index (χ4n) is 0.887. The second-order valence-corrected chi connectivity index (χ2v) is 3.82. The third-order valence-electron chi connectivity index (χ3n) is 1.91. The van der Waals surface area contributed by atoms with Gasteiger partial charge in [-0.05, 0) is 26.7 Å². The van der Waals surface area contributed by atoms with Crippen LogP contribution >= 0.6 is 0 Å². The molecule has 1 unspecified atom stereocenters. The van der Waals surface area contributed by atoms with E-state index in [0.717, 1.165) is 0 Å². The number of aliphatic carboxylic acids is 1. The van der Waals surface area contributed by atoms with E-state index in [1.807, 2.05) is 0 Å². The molecule has 0 aromatic heterocycles. The van der Waals surface area contributed by atoms with E-state index in [4.69, 9.17) is 32.2 Å². The Hall–Kier alpha value is -1.87. The SMILES string of the molecule is CC(O)C(=O)O.CCOC(=O)[C@@H](N)CCCN=C(N)N. The molecule has 0 bridgehead atoms. The summed E-state index contributed by atoms with van der Waals surface area (Å²) in [5.41, 5.74) is 15.8. The number of carbonyl (C=O) groups excluding carboxylic acids is 1. The van der Waals surface area contributed by atoms with Crippen LogP contribution in [-0.4, -0.2) is 53.4 Å². The van der Waals surface area contributed by atoms with Crippen molar-refractivity contribution in [2.45, 2.75) is 38.8 Å². The maximum atomic E-state index is 11.0. The average molecular weight is 292 g/mol. The number of aliphatic hydroxyl groups excluding tert-OH is 1. The van der Waals surface area contributed by atoms with Crippen LogP contribution in [0.4, 0.5) is 0 Å². The second-order valence-electron chi connectivity index (χ2n) is 3.82. The first-order chi connectivity index (χ1) is 9.22. The summed E-state index contributed by atoms with van der Waals surface area (Å²) < 4.78 is 4.73. The third-order valence-corrected chi connectivity index (χ3v) is 1.91. The molecule has 0 saturated carbocycles. The lowest BCUT2D eigenvalue weighted by molar-refractivity contribution is -0.146. The van der Waals surface area contributed by atoms with Gasteiger partial charge in [-0.1, -0.05) is 0 Å². The maximum absolute atomic E-state index is 11.0. The molecule has 8 N–H and O–H groups in total. The van der Waals surface area contributed by atoms with Gasteiger partial charge in [0.05, 0.1) is 6.61 Å². The van der Waals surface area contributed by atoms with Crippen LogP contribution in [-0.2, 0) is 14.3 Å². The summed E-state index contributed by atoms with van der Waals surface area (Å²) in [5, 5.41) is 15.8. The number of ether oxygens (including phenoxy) is 1. The number of rotatable bonds is 7. The lowest BCUT2D eigenvalue weighted by Crippen LogP contribution is -2.32. The van der Waals surface area contributed by atoms with E-state index in [1.165, 1.54) is 6.92 Å². The van der Waals surface area contributed by atoms with Gasteiger partial charge in [-0.3, -0.25) is 9.79 Å². The largest absolute Gasteiger partial charge is 0.479 e. The van der Waals surface area contributed by atoms with Gasteiger partial charge >= 0.3 is 11.9 Å². The predicted octanol–water partition coefficient (Wildman–Crippen LogP) is -1.62. The Morgan fingerprint density at radius 3 is 2.20 bits per heavy atom. The molecule has 9 nitrogen and oxygen atoms in total. The highest BCUT2D eigenvalue weighted by Gasteiger charge is 2.13. The first-order valence-electron chi connectivity index (χ1n) is 6.10. The van der Waals surface area contributed by atoms with Crippen LogP contribution in [0.5, 0.6) is 0 Å². The van der Waals surface area contributed by atoms with Gasteiger partial charge in [-0.15, -0.1) is 0 Å². The molecule has 0 saturated heterocycles. The van der Waals surface area contributed by atoms with Gasteiger partial charge in [0.2, 0.25) is 0 Å². The Kier molecular flexibility index (Phi) is 12.5. The molecular formula is C11H24N4O5. The fourth-order valence-corrected chi connectivity index (χ4v) is 0.887. The summed E-state index contributed by atoms with van der Waals surface area (Å²) >= 11 is 0. The molecule has 0 aliphatic rings. The van der Waals surface area contributed by atoms with E-state index >= 15 is 0 Å². The molecule has 0 heterocycles. The maximum Gasteiger partial charge on any atom is 0.332 e. The molecule has 9 heteroatoms. The minimum Gasteiger partial charge on any atom is -0.479 e. The van der Waals surface area contributed by atoms with Gasteiger partial charge in [0, 0.05) is 6.54 Å². The molecule has 0 rings (SSSR count). The van der Waals surface area contributed by atoms with Crippen molar-refractivity contribution in [3.05, 3.63) is 0 Å². The van der Waals surface area contributed by atoms with Crippen molar-refractivity contribution < 1.29 is 24.5 Å². The van der Waals surface area contributed by atoms with Crippen molar-refractivity contribution in [1.82, 2.24) is 0 Å². The summed E-state index contributed by atoms with van der Waals surface area (Å²) in [5.74, 6) is -1.51. The van der Waals surface area contributed by atoms with Crippen LogP contribution in [0, 0.1) is 0 Å². The van der Waals surface area contributed by atoms with E-state index in [9.17, 15) is 9.59 Å². The lowest BCUT2D eigenvalue weighted by atomic mass is 10.2. The molecule has 0 amide bonds. The Morgan fingerprint density at radius 2 is 1.85 bits per heavy atom. The minimum atomic E-state index is -1.23. The number of hydrogen-bond acceptors (Lipinski definition) is 6. The summed E-state index contributed by atoms with van der Waals surface area (Å²) in [4.78, 5) is 24.3. The normalized spacial score (nSPS) is 12.4. The van der Waals surface area contributed by atoms with Crippen LogP contribution in [0.25, 0.3) is 0 Å². The van der Waals surface area contributed by atoms with Gasteiger partial charge < -0.3 is 32.2 Å². The lowest BCUT2D eigenvalue weighted by Gasteiger charge is -2.08. The highest BCUT2D eigenvalue weighted by Crippen LogP contribution is 1.97. The number of carboxylic acids is 1. The topological polar surface area (TPSA) is 174 Å². The number of esters is 1. The quantitative estimate of drug-likeness (QED) is 0.161. The van der Waals surface area contributed by atoms with E-state index in [0.29, 0.717) is 26.0 Å². The molecule has 0 radical (unpaired) electrons. The molecular weight excluding hydrogens is 268 g/mol. The van der Waals surface area contributed by atoms with Gasteiger partial charge in [0.1, 0.15) is 12.1 Å². The number of guanidine groups is 1. The smallest absolute Gasteiger partial charge is 0.332 e. The zero-order valence-electron chi connectivity index (χ0n) is 11.8. The number of aliphatic imine (C=N–C) groups is 1. The van der Waals surface area contributed by atoms with Crippen LogP contribution in [0.1, 0.15) is 26.7 Å². The number of carboxylic acid groups (broad SMARTS) is 1. The van der Waals surface area contributed by atoms with E-state index in [1.54, 1.807) is 6.92 Å². The van der Waals surface area contributed by atoms with Gasteiger partial charge in [0.15, 0.2) is 5.96 Å². The number of hydrogen-bond donors (Lipinski definition) is 5. The van der Waals surface area contributed by atoms with Gasteiger partial charge in [0.25, 0.3) is 0 Å². The van der Waals surface area contributed by atoms with Gasteiger partial charge in [-0.2, -0.15) is 0 Å². The van der Waals surface area contributed by atoms with Crippen LogP contribution in [0.2, 0.25) is 0 Å². The zero-order chi connectivity index (χ0) is 16.1. The highest BCUT2D eigenvalue weighted by atomic mass is 16.5. The molecule has 2 atom stereocenters. The third kappa shape index (κ3) is 14.2. The van der Waals surface area contributed by atoms with Crippen LogP contribution in [0.3, 0.4) is 0 Å². The molecule has 0 aliphatic heterocycles. The van der Waals surface area contributed by atoms with Crippen molar-refractivity contribution in [3.8, 4) is 0 Å². The summed E-state index contributed by atoms with van der Waals surface area (Å²) in [6.07, 6.45) is -0.0435. The van der Waals surface area contributed by atoms with Gasteiger partial charge in [-0.25, -0.2) is 4.79 Å². The van der Waals surface area contributed by atoms with Crippen molar-refractivity contribution in [3.63, 3.8) is 0 Å². The Balaban J connectivity index is 0. The van der Waals surface area contributed by atoms with Crippen molar-refractivity contribution >= 4 is 17.9 Å². The Bertz CT molecular complexity index is 316. The summed E-state index contributed by atoms with van der Waals surface area (Å²) in [6.45, 7) is 3.77. The monoisotopic (exact) mass is 292 g/mol. The summed E-state index contributed by atoms with van der Waals surface area (Å²) in [7, 11) is 0. The number of nitrogens with zero attached hydrogens (tertiary/aromatic N) is 1.